The Hall–Kier alpha value is -7.55. The van der Waals surface area contributed by atoms with Crippen molar-refractivity contribution in [1.82, 2.24) is 9.55 Å². The number of hydrogen-bond acceptors (Lipinski definition) is 1. The van der Waals surface area contributed by atoms with Gasteiger partial charge in [0.1, 0.15) is 0 Å². The highest BCUT2D eigenvalue weighted by Gasteiger charge is 2.37. The van der Waals surface area contributed by atoms with Crippen molar-refractivity contribution in [1.29, 1.82) is 0 Å². The molecular formula is C57H38N2. The molecule has 2 aromatic heterocycles. The molecule has 2 aliphatic carbocycles. The van der Waals surface area contributed by atoms with Gasteiger partial charge in [-0.05, 0) is 102 Å². The van der Waals surface area contributed by atoms with Gasteiger partial charge < -0.3 is 4.57 Å². The van der Waals surface area contributed by atoms with Crippen LogP contribution in [0.15, 0.2) is 224 Å². The first-order valence-corrected chi connectivity index (χ1v) is 20.5. The van der Waals surface area contributed by atoms with Gasteiger partial charge >= 0.3 is 0 Å². The summed E-state index contributed by atoms with van der Waals surface area (Å²) in [7, 11) is 0. The largest absolute Gasteiger partial charge is 0.309 e. The van der Waals surface area contributed by atoms with Crippen LogP contribution in [-0.4, -0.2) is 9.55 Å². The summed E-state index contributed by atoms with van der Waals surface area (Å²) in [6.45, 7) is 0. The van der Waals surface area contributed by atoms with E-state index in [1.54, 1.807) is 0 Å². The van der Waals surface area contributed by atoms with Crippen LogP contribution in [0.1, 0.15) is 28.2 Å². The van der Waals surface area contributed by atoms with Crippen molar-refractivity contribution < 1.29 is 0 Å². The third-order valence-electron chi connectivity index (χ3n) is 12.7. The number of benzene rings is 8. The van der Waals surface area contributed by atoms with Crippen LogP contribution in [0.4, 0.5) is 0 Å². The lowest BCUT2D eigenvalue weighted by atomic mass is 9.65. The first-order chi connectivity index (χ1) is 29.3. The summed E-state index contributed by atoms with van der Waals surface area (Å²) in [4.78, 5) is 5.03. The Balaban J connectivity index is 1.13. The van der Waals surface area contributed by atoms with Gasteiger partial charge in [0, 0.05) is 40.1 Å². The lowest BCUT2D eigenvalue weighted by Crippen LogP contribution is -2.23. The maximum Gasteiger partial charge on any atom is 0.0802 e. The van der Waals surface area contributed by atoms with Gasteiger partial charge in [-0.1, -0.05) is 176 Å². The molecule has 10 aromatic rings. The van der Waals surface area contributed by atoms with Crippen LogP contribution in [0.2, 0.25) is 0 Å². The minimum atomic E-state index is 0.114. The minimum absolute atomic E-state index is 0.114. The average molecular weight is 751 g/mol. The molecule has 0 fully saturated rings. The fourth-order valence-corrected chi connectivity index (χ4v) is 10.1. The smallest absolute Gasteiger partial charge is 0.0802 e. The third-order valence-corrected chi connectivity index (χ3v) is 12.7. The molecule has 2 atom stereocenters. The Labute approximate surface area is 343 Å². The van der Waals surface area contributed by atoms with Crippen molar-refractivity contribution in [2.45, 2.75) is 5.92 Å². The molecule has 2 unspecified atom stereocenters. The van der Waals surface area contributed by atoms with Crippen LogP contribution in [0.25, 0.3) is 77.0 Å². The Morgan fingerprint density at radius 3 is 2.00 bits per heavy atom. The molecule has 2 heterocycles. The lowest BCUT2D eigenvalue weighted by molar-refractivity contribution is 0.653. The van der Waals surface area contributed by atoms with Crippen molar-refractivity contribution in [3.63, 3.8) is 0 Å². The number of rotatable bonds is 5. The summed E-state index contributed by atoms with van der Waals surface area (Å²) in [6.07, 6.45) is 11.2. The Morgan fingerprint density at radius 1 is 0.458 bits per heavy atom. The van der Waals surface area contributed by atoms with E-state index < -0.39 is 0 Å². The molecule has 0 radical (unpaired) electrons. The van der Waals surface area contributed by atoms with Crippen molar-refractivity contribution in [2.24, 2.45) is 5.92 Å². The second kappa shape index (κ2) is 13.5. The normalized spacial score (nSPS) is 15.9. The molecular weight excluding hydrogens is 713 g/mol. The van der Waals surface area contributed by atoms with Crippen LogP contribution in [-0.2, 0) is 0 Å². The Bertz CT molecular complexity index is 3370. The second-order valence-electron chi connectivity index (χ2n) is 15.8. The maximum atomic E-state index is 5.03. The van der Waals surface area contributed by atoms with Crippen molar-refractivity contribution in [3.8, 4) is 28.1 Å². The molecule has 0 spiro atoms. The predicted octanol–water partition coefficient (Wildman–Crippen LogP) is 14.5. The number of hydrogen-bond donors (Lipinski definition) is 0. The van der Waals surface area contributed by atoms with Gasteiger partial charge in [0.15, 0.2) is 0 Å². The van der Waals surface area contributed by atoms with Crippen LogP contribution in [0, 0.1) is 5.92 Å². The van der Waals surface area contributed by atoms with Crippen molar-refractivity contribution in [2.75, 3.05) is 0 Å². The zero-order valence-electron chi connectivity index (χ0n) is 32.3. The number of para-hydroxylation sites is 1. The quantitative estimate of drug-likeness (QED) is 0.171. The number of aromatic nitrogens is 2. The van der Waals surface area contributed by atoms with Crippen LogP contribution < -0.4 is 0 Å². The lowest BCUT2D eigenvalue weighted by Gasteiger charge is -2.38. The highest BCUT2D eigenvalue weighted by molar-refractivity contribution is 6.15. The van der Waals surface area contributed by atoms with Gasteiger partial charge in [-0.2, -0.15) is 0 Å². The molecule has 0 amide bonds. The maximum absolute atomic E-state index is 5.03. The fraction of sp³-hybridized carbons (Fsp3) is 0.0351. The van der Waals surface area contributed by atoms with Gasteiger partial charge in [0.05, 0.1) is 16.7 Å². The van der Waals surface area contributed by atoms with E-state index in [4.69, 9.17) is 4.98 Å². The molecule has 12 rings (SSSR count). The summed E-state index contributed by atoms with van der Waals surface area (Å²) < 4.78 is 2.39. The Morgan fingerprint density at radius 2 is 1.15 bits per heavy atom. The van der Waals surface area contributed by atoms with E-state index in [9.17, 15) is 0 Å². The topological polar surface area (TPSA) is 17.8 Å². The molecule has 0 saturated carbocycles. The van der Waals surface area contributed by atoms with E-state index >= 15 is 0 Å². The molecule has 8 aromatic carbocycles. The highest BCUT2D eigenvalue weighted by Crippen LogP contribution is 2.53. The molecule has 59 heavy (non-hydrogen) atoms. The number of allylic oxidation sites excluding steroid dienone is 5. The van der Waals surface area contributed by atoms with E-state index in [2.05, 4.69) is 217 Å². The van der Waals surface area contributed by atoms with Crippen LogP contribution >= 0.6 is 0 Å². The van der Waals surface area contributed by atoms with Crippen molar-refractivity contribution in [3.05, 3.63) is 246 Å². The third kappa shape index (κ3) is 5.30. The number of pyridine rings is 1. The van der Waals surface area contributed by atoms with Gasteiger partial charge in [-0.3, -0.25) is 4.98 Å². The zero-order chi connectivity index (χ0) is 38.9. The standard InChI is InChI=1S/C57H38N2/c1-3-17-39(18-4-1)57-56-51-36-41(30-32-52(51)59(53(56)33-34-58-57)42-21-5-2-6-22-42)40-29-31-49-50(35-40)55(46-28-14-20-38-16-8-10-24-44(38)46)48-26-12-11-25-47(48)54(49)45-27-13-19-37-15-7-9-23-43(37)45/h1-36,48,55H. The molecule has 0 bridgehead atoms. The fourth-order valence-electron chi connectivity index (χ4n) is 10.1. The molecule has 2 heteroatoms. The number of fused-ring (bicyclic) bond motifs is 7. The van der Waals surface area contributed by atoms with Crippen LogP contribution in [0.5, 0.6) is 0 Å². The minimum Gasteiger partial charge on any atom is -0.309 e. The average Bonchev–Trinajstić information content (AvgIpc) is 3.65. The molecule has 276 valence electrons. The molecule has 0 N–H and O–H groups in total. The summed E-state index contributed by atoms with van der Waals surface area (Å²) >= 11 is 0. The van der Waals surface area contributed by atoms with E-state index in [1.807, 2.05) is 6.20 Å². The SMILES string of the molecule is C1=CC2=C(c3cccc4ccccc34)c3ccc(-c4ccc5c(c4)c4c(-c6ccccc6)nccc4n5-c4ccccc4)cc3C(c3cccc4ccccc34)C2C=C1. The van der Waals surface area contributed by atoms with Gasteiger partial charge in [-0.15, -0.1) is 0 Å². The predicted molar refractivity (Wildman–Crippen MR) is 247 cm³/mol. The highest BCUT2D eigenvalue weighted by atomic mass is 15.0. The number of nitrogens with zero attached hydrogens (tertiary/aromatic N) is 2. The van der Waals surface area contributed by atoms with E-state index in [1.165, 1.54) is 71.5 Å². The van der Waals surface area contributed by atoms with Gasteiger partial charge in [-0.25, -0.2) is 0 Å². The Kier molecular flexibility index (Phi) is 7.71. The molecule has 2 nitrogen and oxygen atoms in total. The summed E-state index contributed by atoms with van der Waals surface area (Å²) in [5.74, 6) is 0.275. The summed E-state index contributed by atoms with van der Waals surface area (Å²) in [5.41, 5.74) is 15.9. The first kappa shape index (κ1) is 33.6. The summed E-state index contributed by atoms with van der Waals surface area (Å²) in [5, 5.41) is 7.47. The van der Waals surface area contributed by atoms with Crippen molar-refractivity contribution >= 4 is 48.9 Å². The van der Waals surface area contributed by atoms with E-state index in [0.29, 0.717) is 0 Å². The molecule has 0 saturated heterocycles. The first-order valence-electron chi connectivity index (χ1n) is 20.5. The van der Waals surface area contributed by atoms with E-state index in [-0.39, 0.29) is 11.8 Å². The van der Waals surface area contributed by atoms with Crippen LogP contribution in [0.3, 0.4) is 0 Å². The summed E-state index contributed by atoms with van der Waals surface area (Å²) in [6, 6.07) is 69.0. The second-order valence-corrected chi connectivity index (χ2v) is 15.8. The van der Waals surface area contributed by atoms with E-state index in [0.717, 1.165) is 33.4 Å². The zero-order valence-corrected chi connectivity index (χ0v) is 32.3. The van der Waals surface area contributed by atoms with Gasteiger partial charge in [0.25, 0.3) is 0 Å². The monoisotopic (exact) mass is 750 g/mol. The molecule has 0 aliphatic heterocycles. The molecule has 2 aliphatic rings. The van der Waals surface area contributed by atoms with Gasteiger partial charge in [0.2, 0.25) is 0 Å².